The maximum absolute atomic E-state index is 12.0. The highest BCUT2D eigenvalue weighted by atomic mass is 16.5. The predicted molar refractivity (Wildman–Crippen MR) is 102 cm³/mol. The van der Waals surface area contributed by atoms with Crippen LogP contribution in [0.25, 0.3) is 0 Å². The summed E-state index contributed by atoms with van der Waals surface area (Å²) in [5.41, 5.74) is 4.94. The average molecular weight is 348 g/mol. The van der Waals surface area contributed by atoms with Crippen LogP contribution < -0.4 is 4.90 Å². The van der Waals surface area contributed by atoms with Crippen molar-refractivity contribution in [2.75, 3.05) is 24.6 Å². The Kier molecular flexibility index (Phi) is 5.91. The maximum atomic E-state index is 12.0. The third kappa shape index (κ3) is 4.05. The van der Waals surface area contributed by atoms with Gasteiger partial charge in [0, 0.05) is 13.1 Å². The predicted octanol–water partition coefficient (Wildman–Crippen LogP) is 4.12. The SMILES string of the molecule is CCCc1cc(C#N)c2c(c1)CCN2CCCOC(=O)c1ccccc1. The van der Waals surface area contributed by atoms with E-state index >= 15 is 0 Å². The summed E-state index contributed by atoms with van der Waals surface area (Å²) >= 11 is 0. The smallest absolute Gasteiger partial charge is 0.338 e. The minimum atomic E-state index is -0.283. The van der Waals surface area contributed by atoms with Crippen LogP contribution in [0, 0.1) is 11.3 Å². The topological polar surface area (TPSA) is 53.3 Å². The van der Waals surface area contributed by atoms with Gasteiger partial charge in [-0.3, -0.25) is 0 Å². The van der Waals surface area contributed by atoms with Crippen molar-refractivity contribution in [2.45, 2.75) is 32.6 Å². The molecule has 4 nitrogen and oxygen atoms in total. The molecule has 26 heavy (non-hydrogen) atoms. The Morgan fingerprint density at radius 3 is 2.81 bits per heavy atom. The highest BCUT2D eigenvalue weighted by Gasteiger charge is 2.23. The van der Waals surface area contributed by atoms with Gasteiger partial charge in [0.15, 0.2) is 0 Å². The molecule has 0 bridgehead atoms. The number of ether oxygens (including phenoxy) is 1. The van der Waals surface area contributed by atoms with Crippen molar-refractivity contribution < 1.29 is 9.53 Å². The van der Waals surface area contributed by atoms with Crippen LogP contribution in [0.2, 0.25) is 0 Å². The number of hydrogen-bond acceptors (Lipinski definition) is 4. The molecular weight excluding hydrogens is 324 g/mol. The Morgan fingerprint density at radius 2 is 2.08 bits per heavy atom. The third-order valence-electron chi connectivity index (χ3n) is 4.69. The number of hydrogen-bond donors (Lipinski definition) is 0. The van der Waals surface area contributed by atoms with Crippen molar-refractivity contribution >= 4 is 11.7 Å². The van der Waals surface area contributed by atoms with Gasteiger partial charge < -0.3 is 9.64 Å². The number of benzene rings is 2. The van der Waals surface area contributed by atoms with Gasteiger partial charge in [0.25, 0.3) is 0 Å². The molecule has 0 aliphatic carbocycles. The Bertz CT molecular complexity index is 809. The molecule has 0 saturated heterocycles. The molecule has 1 heterocycles. The Balaban J connectivity index is 1.57. The first-order valence-electron chi connectivity index (χ1n) is 9.26. The van der Waals surface area contributed by atoms with E-state index < -0.39 is 0 Å². The molecule has 2 aromatic rings. The fourth-order valence-corrected chi connectivity index (χ4v) is 3.51. The summed E-state index contributed by atoms with van der Waals surface area (Å²) in [7, 11) is 0. The van der Waals surface area contributed by atoms with E-state index in [4.69, 9.17) is 4.74 Å². The molecule has 0 radical (unpaired) electrons. The van der Waals surface area contributed by atoms with Gasteiger partial charge >= 0.3 is 5.97 Å². The van der Waals surface area contributed by atoms with Crippen LogP contribution in [-0.2, 0) is 17.6 Å². The van der Waals surface area contributed by atoms with E-state index in [1.807, 2.05) is 24.3 Å². The van der Waals surface area contributed by atoms with E-state index in [-0.39, 0.29) is 5.97 Å². The fourth-order valence-electron chi connectivity index (χ4n) is 3.51. The number of aryl methyl sites for hydroxylation is 1. The quantitative estimate of drug-likeness (QED) is 0.558. The number of fused-ring (bicyclic) bond motifs is 1. The number of nitriles is 1. The summed E-state index contributed by atoms with van der Waals surface area (Å²) in [5, 5.41) is 9.54. The van der Waals surface area contributed by atoms with Crippen LogP contribution in [0.4, 0.5) is 5.69 Å². The van der Waals surface area contributed by atoms with Gasteiger partial charge in [-0.2, -0.15) is 5.26 Å². The van der Waals surface area contributed by atoms with E-state index in [1.165, 1.54) is 11.1 Å². The molecule has 4 heteroatoms. The normalized spacial score (nSPS) is 12.5. The first-order chi connectivity index (χ1) is 12.7. The third-order valence-corrected chi connectivity index (χ3v) is 4.69. The second-order valence-corrected chi connectivity index (χ2v) is 6.61. The van der Waals surface area contributed by atoms with Crippen LogP contribution in [0.5, 0.6) is 0 Å². The molecule has 0 spiro atoms. The molecule has 0 atom stereocenters. The van der Waals surface area contributed by atoms with Gasteiger partial charge in [-0.15, -0.1) is 0 Å². The number of anilines is 1. The maximum Gasteiger partial charge on any atom is 0.338 e. The molecule has 3 rings (SSSR count). The summed E-state index contributed by atoms with van der Waals surface area (Å²) < 4.78 is 5.35. The Hall–Kier alpha value is -2.80. The second kappa shape index (κ2) is 8.53. The van der Waals surface area contributed by atoms with Crippen LogP contribution in [0.3, 0.4) is 0 Å². The molecule has 0 fully saturated rings. The van der Waals surface area contributed by atoms with Crippen molar-refractivity contribution in [3.63, 3.8) is 0 Å². The van der Waals surface area contributed by atoms with Crippen molar-refractivity contribution in [1.82, 2.24) is 0 Å². The number of carbonyl (C=O) groups excluding carboxylic acids is 1. The van der Waals surface area contributed by atoms with Gasteiger partial charge in [-0.05, 0) is 48.6 Å². The van der Waals surface area contributed by atoms with Crippen molar-refractivity contribution in [2.24, 2.45) is 0 Å². The molecule has 0 unspecified atom stereocenters. The standard InChI is InChI=1S/C22H24N2O2/c1-2-7-17-14-19-10-12-24(21(19)20(15-17)16-23)11-6-13-26-22(25)18-8-4-3-5-9-18/h3-5,8-9,14-15H,2,6-7,10-13H2,1H3. The molecule has 1 aliphatic heterocycles. The van der Waals surface area contributed by atoms with E-state index in [0.29, 0.717) is 12.2 Å². The lowest BCUT2D eigenvalue weighted by Gasteiger charge is -2.20. The molecular formula is C22H24N2O2. The van der Waals surface area contributed by atoms with Crippen LogP contribution >= 0.6 is 0 Å². The van der Waals surface area contributed by atoms with Gasteiger partial charge in [0.05, 0.1) is 23.4 Å². The Labute approximate surface area is 155 Å². The van der Waals surface area contributed by atoms with E-state index in [2.05, 4.69) is 24.0 Å². The molecule has 0 amide bonds. The van der Waals surface area contributed by atoms with Gasteiger partial charge in [-0.1, -0.05) is 37.6 Å². The van der Waals surface area contributed by atoms with Gasteiger partial charge in [-0.25, -0.2) is 4.79 Å². The van der Waals surface area contributed by atoms with E-state index in [9.17, 15) is 10.1 Å². The van der Waals surface area contributed by atoms with E-state index in [1.54, 1.807) is 12.1 Å². The summed E-state index contributed by atoms with van der Waals surface area (Å²) in [6.45, 7) is 4.25. The van der Waals surface area contributed by atoms with Crippen molar-refractivity contribution in [3.8, 4) is 6.07 Å². The van der Waals surface area contributed by atoms with Crippen LogP contribution in [0.15, 0.2) is 42.5 Å². The number of esters is 1. The van der Waals surface area contributed by atoms with Crippen molar-refractivity contribution in [3.05, 3.63) is 64.7 Å². The lowest BCUT2D eigenvalue weighted by Crippen LogP contribution is -2.24. The highest BCUT2D eigenvalue weighted by Crippen LogP contribution is 2.33. The van der Waals surface area contributed by atoms with Crippen molar-refractivity contribution in [1.29, 1.82) is 5.26 Å². The molecule has 0 N–H and O–H groups in total. The van der Waals surface area contributed by atoms with Gasteiger partial charge in [0.2, 0.25) is 0 Å². The number of nitrogens with zero attached hydrogens (tertiary/aromatic N) is 2. The number of rotatable bonds is 7. The zero-order valence-electron chi connectivity index (χ0n) is 15.2. The second-order valence-electron chi connectivity index (χ2n) is 6.61. The Morgan fingerprint density at radius 1 is 1.27 bits per heavy atom. The molecule has 2 aromatic carbocycles. The minimum Gasteiger partial charge on any atom is -0.462 e. The zero-order valence-corrected chi connectivity index (χ0v) is 15.2. The first-order valence-corrected chi connectivity index (χ1v) is 9.26. The first kappa shape index (κ1) is 18.0. The summed E-state index contributed by atoms with van der Waals surface area (Å²) in [4.78, 5) is 14.2. The highest BCUT2D eigenvalue weighted by molar-refractivity contribution is 5.89. The average Bonchev–Trinajstić information content (AvgIpc) is 3.08. The van der Waals surface area contributed by atoms with Gasteiger partial charge in [0.1, 0.15) is 6.07 Å². The molecule has 1 aliphatic rings. The monoisotopic (exact) mass is 348 g/mol. The fraction of sp³-hybridized carbons (Fsp3) is 0.364. The lowest BCUT2D eigenvalue weighted by atomic mass is 10.0. The molecule has 134 valence electrons. The molecule has 0 aromatic heterocycles. The summed E-state index contributed by atoms with van der Waals surface area (Å²) in [6.07, 6.45) is 3.82. The summed E-state index contributed by atoms with van der Waals surface area (Å²) in [5.74, 6) is -0.283. The zero-order chi connectivity index (χ0) is 18.4. The lowest BCUT2D eigenvalue weighted by molar-refractivity contribution is 0.0502. The van der Waals surface area contributed by atoms with Crippen LogP contribution in [0.1, 0.15) is 46.8 Å². The largest absolute Gasteiger partial charge is 0.462 e. The minimum absolute atomic E-state index is 0.283. The number of carbonyl (C=O) groups is 1. The molecule has 0 saturated carbocycles. The summed E-state index contributed by atoms with van der Waals surface area (Å²) in [6, 6.07) is 15.7. The van der Waals surface area contributed by atoms with Crippen LogP contribution in [-0.4, -0.2) is 25.7 Å². The van der Waals surface area contributed by atoms with E-state index in [0.717, 1.165) is 50.0 Å².